The smallest absolute Gasteiger partial charge is 0.131 e. The minimum atomic E-state index is 0.779. The summed E-state index contributed by atoms with van der Waals surface area (Å²) in [4.78, 5) is 0. The van der Waals surface area contributed by atoms with Gasteiger partial charge in [0.25, 0.3) is 0 Å². The Labute approximate surface area is 139 Å². The Balaban J connectivity index is 1.68. The molecule has 4 aromatic rings. The normalized spacial score (nSPS) is 12.7. The Morgan fingerprint density at radius 3 is 1.58 bits per heavy atom. The van der Waals surface area contributed by atoms with Gasteiger partial charge < -0.3 is 16.2 Å². The first-order chi connectivity index (χ1) is 11.7. The molecule has 1 aliphatic heterocycles. The average molecular weight is 312 g/mol. The predicted octanol–water partition coefficient (Wildman–Crippen LogP) is 4.85. The van der Waals surface area contributed by atoms with Gasteiger partial charge in [-0.15, -0.1) is 0 Å². The zero-order valence-corrected chi connectivity index (χ0v) is 13.0. The topological polar surface area (TPSA) is 61.3 Å². The van der Waals surface area contributed by atoms with Crippen LogP contribution in [-0.2, 0) is 6.42 Å². The largest absolute Gasteiger partial charge is 0.457 e. The van der Waals surface area contributed by atoms with Crippen LogP contribution in [0, 0.1) is 0 Å². The van der Waals surface area contributed by atoms with Crippen molar-refractivity contribution in [1.82, 2.24) is 0 Å². The summed E-state index contributed by atoms with van der Waals surface area (Å²) in [5.74, 6) is 1.85. The summed E-state index contributed by atoms with van der Waals surface area (Å²) in [6.07, 6.45) is 0.847. The van der Waals surface area contributed by atoms with E-state index in [0.29, 0.717) is 0 Å². The monoisotopic (exact) mass is 312 g/mol. The molecule has 0 atom stereocenters. The maximum Gasteiger partial charge on any atom is 0.131 e. The van der Waals surface area contributed by atoms with Crippen molar-refractivity contribution in [2.75, 3.05) is 11.5 Å². The Kier molecular flexibility index (Phi) is 2.57. The number of benzene rings is 4. The molecule has 0 saturated carbocycles. The van der Waals surface area contributed by atoms with Gasteiger partial charge in [-0.1, -0.05) is 12.1 Å². The van der Waals surface area contributed by atoms with Gasteiger partial charge in [0.1, 0.15) is 11.5 Å². The molecule has 5 rings (SSSR count). The van der Waals surface area contributed by atoms with Crippen LogP contribution in [-0.4, -0.2) is 0 Å². The van der Waals surface area contributed by atoms with Crippen molar-refractivity contribution in [3.8, 4) is 11.5 Å². The zero-order chi connectivity index (χ0) is 16.3. The number of nitrogens with two attached hydrogens (primary N) is 2. The maximum atomic E-state index is 6.19. The second kappa shape index (κ2) is 4.65. The summed E-state index contributed by atoms with van der Waals surface area (Å²) >= 11 is 0. The third-order valence-electron chi connectivity index (χ3n) is 4.69. The third-order valence-corrected chi connectivity index (χ3v) is 4.69. The first kappa shape index (κ1) is 13.3. The molecule has 0 aliphatic carbocycles. The average Bonchev–Trinajstić information content (AvgIpc) is 2.56. The second-order valence-corrected chi connectivity index (χ2v) is 6.41. The standard InChI is InChI=1S/C21H16N2O/c22-18-3-1-12-10-20-16(5-14(12)8-18)7-17-6-15-9-19(23)4-2-13(15)11-21(17)24-20/h1-6,8-11H,7,22-23H2. The van der Waals surface area contributed by atoms with Crippen molar-refractivity contribution in [2.24, 2.45) is 0 Å². The zero-order valence-electron chi connectivity index (χ0n) is 13.0. The molecule has 4 N–H and O–H groups in total. The molecule has 4 aromatic carbocycles. The van der Waals surface area contributed by atoms with Gasteiger partial charge in [-0.05, 0) is 81.2 Å². The highest BCUT2D eigenvalue weighted by atomic mass is 16.5. The van der Waals surface area contributed by atoms with E-state index in [-0.39, 0.29) is 0 Å². The van der Waals surface area contributed by atoms with Gasteiger partial charge in [0.2, 0.25) is 0 Å². The highest BCUT2D eigenvalue weighted by Crippen LogP contribution is 2.40. The summed E-state index contributed by atoms with van der Waals surface area (Å²) in [6, 6.07) is 20.5. The van der Waals surface area contributed by atoms with Crippen LogP contribution < -0.4 is 16.2 Å². The summed E-state index contributed by atoms with van der Waals surface area (Å²) in [5.41, 5.74) is 15.7. The van der Waals surface area contributed by atoms with Gasteiger partial charge in [0.15, 0.2) is 0 Å². The van der Waals surface area contributed by atoms with E-state index in [1.807, 2.05) is 36.4 Å². The van der Waals surface area contributed by atoms with Crippen molar-refractivity contribution in [1.29, 1.82) is 0 Å². The summed E-state index contributed by atoms with van der Waals surface area (Å²) in [6.45, 7) is 0. The van der Waals surface area contributed by atoms with E-state index in [0.717, 1.165) is 50.8 Å². The third kappa shape index (κ3) is 1.98. The molecule has 0 spiro atoms. The van der Waals surface area contributed by atoms with Crippen molar-refractivity contribution in [2.45, 2.75) is 6.42 Å². The Morgan fingerprint density at radius 1 is 0.583 bits per heavy atom. The maximum absolute atomic E-state index is 6.19. The van der Waals surface area contributed by atoms with E-state index < -0.39 is 0 Å². The number of ether oxygens (including phenoxy) is 1. The van der Waals surface area contributed by atoms with Gasteiger partial charge >= 0.3 is 0 Å². The first-order valence-electron chi connectivity index (χ1n) is 7.98. The molecule has 0 aromatic heterocycles. The molecule has 24 heavy (non-hydrogen) atoms. The Hall–Kier alpha value is -3.20. The Bertz CT molecular complexity index is 1040. The van der Waals surface area contributed by atoms with Crippen LogP contribution in [0.5, 0.6) is 11.5 Å². The van der Waals surface area contributed by atoms with Crippen molar-refractivity contribution < 1.29 is 4.74 Å². The van der Waals surface area contributed by atoms with Crippen molar-refractivity contribution >= 4 is 32.9 Å². The van der Waals surface area contributed by atoms with Crippen molar-refractivity contribution in [3.63, 3.8) is 0 Å². The summed E-state index contributed by atoms with van der Waals surface area (Å²) in [7, 11) is 0. The molecule has 0 amide bonds. The summed E-state index contributed by atoms with van der Waals surface area (Å²) in [5, 5.41) is 4.57. The molecule has 0 fully saturated rings. The molecular formula is C21H16N2O. The van der Waals surface area contributed by atoms with Crippen LogP contribution in [0.4, 0.5) is 11.4 Å². The number of hydrogen-bond donors (Lipinski definition) is 2. The Morgan fingerprint density at radius 2 is 1.08 bits per heavy atom. The molecule has 0 radical (unpaired) electrons. The molecule has 0 bridgehead atoms. The van der Waals surface area contributed by atoms with Gasteiger partial charge in [0, 0.05) is 17.8 Å². The number of nitrogen functional groups attached to an aromatic ring is 2. The fourth-order valence-corrected chi connectivity index (χ4v) is 3.47. The van der Waals surface area contributed by atoms with E-state index in [9.17, 15) is 0 Å². The minimum absolute atomic E-state index is 0.779. The van der Waals surface area contributed by atoms with E-state index >= 15 is 0 Å². The summed E-state index contributed by atoms with van der Waals surface area (Å²) < 4.78 is 6.19. The van der Waals surface area contributed by atoms with Crippen LogP contribution in [0.3, 0.4) is 0 Å². The molecule has 3 nitrogen and oxygen atoms in total. The molecular weight excluding hydrogens is 296 g/mol. The van der Waals surface area contributed by atoms with E-state index in [2.05, 4.69) is 24.3 Å². The van der Waals surface area contributed by atoms with Gasteiger partial charge in [-0.2, -0.15) is 0 Å². The first-order valence-corrected chi connectivity index (χ1v) is 7.98. The fraction of sp³-hybridized carbons (Fsp3) is 0.0476. The van der Waals surface area contributed by atoms with Crippen LogP contribution >= 0.6 is 0 Å². The van der Waals surface area contributed by atoms with Gasteiger partial charge in [-0.3, -0.25) is 0 Å². The SMILES string of the molecule is Nc1ccc2cc3c(cc2c1)Cc1cc2cc(N)ccc2cc1O3. The van der Waals surface area contributed by atoms with Crippen LogP contribution in [0.25, 0.3) is 21.5 Å². The molecule has 0 unspecified atom stereocenters. The van der Waals surface area contributed by atoms with Crippen LogP contribution in [0.15, 0.2) is 60.7 Å². The molecule has 116 valence electrons. The fourth-order valence-electron chi connectivity index (χ4n) is 3.47. The van der Waals surface area contributed by atoms with E-state index in [1.54, 1.807) is 0 Å². The van der Waals surface area contributed by atoms with E-state index in [4.69, 9.17) is 16.2 Å². The lowest BCUT2D eigenvalue weighted by Gasteiger charge is -2.22. The molecule has 3 heteroatoms. The minimum Gasteiger partial charge on any atom is -0.457 e. The molecule has 0 saturated heterocycles. The van der Waals surface area contributed by atoms with Crippen molar-refractivity contribution in [3.05, 3.63) is 71.8 Å². The number of anilines is 2. The van der Waals surface area contributed by atoms with Crippen LogP contribution in [0.2, 0.25) is 0 Å². The van der Waals surface area contributed by atoms with Gasteiger partial charge in [0.05, 0.1) is 0 Å². The van der Waals surface area contributed by atoms with Gasteiger partial charge in [-0.25, -0.2) is 0 Å². The number of rotatable bonds is 0. The number of hydrogen-bond acceptors (Lipinski definition) is 3. The quantitative estimate of drug-likeness (QED) is 0.402. The number of fused-ring (bicyclic) bond motifs is 4. The lowest BCUT2D eigenvalue weighted by Crippen LogP contribution is -2.03. The molecule has 1 aliphatic rings. The highest BCUT2D eigenvalue weighted by Gasteiger charge is 2.18. The predicted molar refractivity (Wildman–Crippen MR) is 99.6 cm³/mol. The lowest BCUT2D eigenvalue weighted by atomic mass is 9.95. The molecule has 1 heterocycles. The highest BCUT2D eigenvalue weighted by molar-refractivity contribution is 5.90. The second-order valence-electron chi connectivity index (χ2n) is 6.41. The lowest BCUT2D eigenvalue weighted by molar-refractivity contribution is 0.462. The van der Waals surface area contributed by atoms with E-state index in [1.165, 1.54) is 11.1 Å². The van der Waals surface area contributed by atoms with Crippen LogP contribution in [0.1, 0.15) is 11.1 Å².